The minimum atomic E-state index is -0.574. The van der Waals surface area contributed by atoms with Crippen molar-refractivity contribution in [3.63, 3.8) is 0 Å². The van der Waals surface area contributed by atoms with E-state index in [1.807, 2.05) is 6.92 Å². The third kappa shape index (κ3) is 2.81. The molecule has 0 aliphatic heterocycles. The molecule has 0 saturated carbocycles. The van der Waals surface area contributed by atoms with E-state index in [0.717, 1.165) is 11.1 Å². The van der Waals surface area contributed by atoms with Crippen LogP contribution in [0.4, 0.5) is 0 Å². The molecule has 0 aliphatic rings. The van der Waals surface area contributed by atoms with Gasteiger partial charge in [-0.25, -0.2) is 4.79 Å². The van der Waals surface area contributed by atoms with Crippen molar-refractivity contribution >= 4 is 5.97 Å². The predicted octanol–water partition coefficient (Wildman–Crippen LogP) is 1.16. The molecule has 1 rings (SSSR count). The minimum absolute atomic E-state index is 0.364. The smallest absolute Gasteiger partial charge is 0.338 e. The average molecular weight is 223 g/mol. The molecule has 1 aromatic rings. The number of rotatable bonds is 4. The SMILES string of the molecule is COC(=O)c1ccc([C@@H](O)CCN)cc1C. The first-order chi connectivity index (χ1) is 7.60. The van der Waals surface area contributed by atoms with Crippen LogP contribution in [0.1, 0.15) is 34.0 Å². The number of ether oxygens (including phenoxy) is 1. The fourth-order valence-electron chi connectivity index (χ4n) is 1.56. The van der Waals surface area contributed by atoms with E-state index in [-0.39, 0.29) is 5.97 Å². The van der Waals surface area contributed by atoms with E-state index in [1.54, 1.807) is 18.2 Å². The van der Waals surface area contributed by atoms with Crippen LogP contribution in [-0.2, 0) is 4.74 Å². The van der Waals surface area contributed by atoms with Gasteiger partial charge in [-0.15, -0.1) is 0 Å². The van der Waals surface area contributed by atoms with Crippen LogP contribution in [0.5, 0.6) is 0 Å². The maximum atomic E-state index is 11.3. The summed E-state index contributed by atoms with van der Waals surface area (Å²) in [6.45, 7) is 2.24. The van der Waals surface area contributed by atoms with Crippen molar-refractivity contribution < 1.29 is 14.6 Å². The highest BCUT2D eigenvalue weighted by Gasteiger charge is 2.12. The van der Waals surface area contributed by atoms with Crippen molar-refractivity contribution in [2.45, 2.75) is 19.4 Å². The molecule has 88 valence electrons. The second kappa shape index (κ2) is 5.63. The number of carbonyl (C=O) groups excluding carboxylic acids is 1. The summed E-state index contributed by atoms with van der Waals surface area (Å²) in [6.07, 6.45) is -0.0628. The summed E-state index contributed by atoms with van der Waals surface area (Å²) in [5.74, 6) is -0.364. The quantitative estimate of drug-likeness (QED) is 0.751. The molecular formula is C12H17NO3. The fraction of sp³-hybridized carbons (Fsp3) is 0.417. The van der Waals surface area contributed by atoms with Crippen LogP contribution in [0.25, 0.3) is 0 Å². The third-order valence-corrected chi connectivity index (χ3v) is 2.48. The maximum Gasteiger partial charge on any atom is 0.338 e. The number of esters is 1. The molecule has 0 unspecified atom stereocenters. The molecule has 0 saturated heterocycles. The topological polar surface area (TPSA) is 72.5 Å². The largest absolute Gasteiger partial charge is 0.465 e. The van der Waals surface area contributed by atoms with Crippen LogP contribution >= 0.6 is 0 Å². The highest BCUT2D eigenvalue weighted by Crippen LogP contribution is 2.20. The van der Waals surface area contributed by atoms with E-state index >= 15 is 0 Å². The van der Waals surface area contributed by atoms with Gasteiger partial charge < -0.3 is 15.6 Å². The van der Waals surface area contributed by atoms with Crippen molar-refractivity contribution in [2.75, 3.05) is 13.7 Å². The molecule has 0 aromatic heterocycles. The predicted molar refractivity (Wildman–Crippen MR) is 61.1 cm³/mol. The lowest BCUT2D eigenvalue weighted by Gasteiger charge is -2.12. The van der Waals surface area contributed by atoms with E-state index in [4.69, 9.17) is 5.73 Å². The minimum Gasteiger partial charge on any atom is -0.465 e. The van der Waals surface area contributed by atoms with Gasteiger partial charge in [0.1, 0.15) is 0 Å². The zero-order chi connectivity index (χ0) is 12.1. The second-order valence-electron chi connectivity index (χ2n) is 3.66. The van der Waals surface area contributed by atoms with Crippen LogP contribution in [0.3, 0.4) is 0 Å². The number of hydrogen-bond donors (Lipinski definition) is 2. The Morgan fingerprint density at radius 2 is 2.25 bits per heavy atom. The second-order valence-corrected chi connectivity index (χ2v) is 3.66. The molecule has 1 atom stereocenters. The Balaban J connectivity index is 2.94. The zero-order valence-corrected chi connectivity index (χ0v) is 9.56. The van der Waals surface area contributed by atoms with Gasteiger partial charge in [0, 0.05) is 0 Å². The molecule has 0 heterocycles. The number of carbonyl (C=O) groups is 1. The first-order valence-electron chi connectivity index (χ1n) is 5.17. The number of benzene rings is 1. The summed E-state index contributed by atoms with van der Waals surface area (Å²) in [4.78, 5) is 11.3. The van der Waals surface area contributed by atoms with Crippen molar-refractivity contribution in [3.8, 4) is 0 Å². The lowest BCUT2D eigenvalue weighted by atomic mass is 10.0. The van der Waals surface area contributed by atoms with Crippen LogP contribution in [0.15, 0.2) is 18.2 Å². The summed E-state index contributed by atoms with van der Waals surface area (Å²) >= 11 is 0. The first-order valence-corrected chi connectivity index (χ1v) is 5.17. The Labute approximate surface area is 95.0 Å². The molecule has 0 amide bonds. The van der Waals surface area contributed by atoms with Crippen molar-refractivity contribution in [1.29, 1.82) is 0 Å². The van der Waals surface area contributed by atoms with Crippen molar-refractivity contribution in [1.82, 2.24) is 0 Å². The van der Waals surface area contributed by atoms with Crippen molar-refractivity contribution in [3.05, 3.63) is 34.9 Å². The summed E-state index contributed by atoms with van der Waals surface area (Å²) in [6, 6.07) is 5.17. The van der Waals surface area contributed by atoms with Crippen molar-refractivity contribution in [2.24, 2.45) is 5.73 Å². The number of aliphatic hydroxyl groups excluding tert-OH is 1. The number of nitrogens with two attached hydrogens (primary N) is 1. The van der Waals surface area contributed by atoms with Gasteiger partial charge in [-0.3, -0.25) is 0 Å². The average Bonchev–Trinajstić information content (AvgIpc) is 2.28. The van der Waals surface area contributed by atoms with Gasteiger partial charge in [0.2, 0.25) is 0 Å². The number of aryl methyl sites for hydroxylation is 1. The molecule has 4 nitrogen and oxygen atoms in total. The zero-order valence-electron chi connectivity index (χ0n) is 9.56. The highest BCUT2D eigenvalue weighted by molar-refractivity contribution is 5.90. The van der Waals surface area contributed by atoms with Gasteiger partial charge in [0.25, 0.3) is 0 Å². The Morgan fingerprint density at radius 1 is 1.56 bits per heavy atom. The summed E-state index contributed by atoms with van der Waals surface area (Å²) in [5.41, 5.74) is 7.46. The van der Waals surface area contributed by atoms with Crippen LogP contribution in [0.2, 0.25) is 0 Å². The van der Waals surface area contributed by atoms with E-state index in [1.165, 1.54) is 7.11 Å². The molecule has 0 spiro atoms. The van der Waals surface area contributed by atoms with E-state index in [0.29, 0.717) is 18.5 Å². The lowest BCUT2D eigenvalue weighted by Crippen LogP contribution is -2.08. The molecule has 0 fully saturated rings. The first kappa shape index (κ1) is 12.7. The Morgan fingerprint density at radius 3 is 2.75 bits per heavy atom. The van der Waals surface area contributed by atoms with Gasteiger partial charge in [0.15, 0.2) is 0 Å². The molecule has 4 heteroatoms. The molecule has 0 bridgehead atoms. The third-order valence-electron chi connectivity index (χ3n) is 2.48. The molecule has 16 heavy (non-hydrogen) atoms. The van der Waals surface area contributed by atoms with Gasteiger partial charge in [-0.2, -0.15) is 0 Å². The molecule has 1 aromatic carbocycles. The molecule has 3 N–H and O–H groups in total. The van der Waals surface area contributed by atoms with E-state index < -0.39 is 6.10 Å². The summed E-state index contributed by atoms with van der Waals surface area (Å²) in [5, 5.41) is 9.74. The molecular weight excluding hydrogens is 206 g/mol. The summed E-state index contributed by atoms with van der Waals surface area (Å²) < 4.78 is 4.64. The maximum absolute atomic E-state index is 11.3. The van der Waals surface area contributed by atoms with Gasteiger partial charge in [-0.05, 0) is 37.1 Å². The van der Waals surface area contributed by atoms with Gasteiger partial charge >= 0.3 is 5.97 Å². The number of methoxy groups -OCH3 is 1. The van der Waals surface area contributed by atoms with Gasteiger partial charge in [-0.1, -0.05) is 12.1 Å². The van der Waals surface area contributed by atoms with Crippen LogP contribution in [-0.4, -0.2) is 24.7 Å². The normalized spacial score (nSPS) is 12.2. The Bertz CT molecular complexity index is 377. The Hall–Kier alpha value is -1.39. The standard InChI is InChI=1S/C12H17NO3/c1-8-7-9(11(14)5-6-13)3-4-10(8)12(15)16-2/h3-4,7,11,14H,5-6,13H2,1-2H3/t11-/m0/s1. The number of hydrogen-bond acceptors (Lipinski definition) is 4. The van der Waals surface area contributed by atoms with Crippen LogP contribution in [0, 0.1) is 6.92 Å². The highest BCUT2D eigenvalue weighted by atomic mass is 16.5. The fourth-order valence-corrected chi connectivity index (χ4v) is 1.56. The monoisotopic (exact) mass is 223 g/mol. The summed E-state index contributed by atoms with van der Waals surface area (Å²) in [7, 11) is 1.35. The van der Waals surface area contributed by atoms with E-state index in [2.05, 4.69) is 4.74 Å². The molecule has 0 aliphatic carbocycles. The lowest BCUT2D eigenvalue weighted by molar-refractivity contribution is 0.0599. The molecule has 0 radical (unpaired) electrons. The number of aliphatic hydroxyl groups is 1. The Kier molecular flexibility index (Phi) is 4.46. The van der Waals surface area contributed by atoms with Crippen LogP contribution < -0.4 is 5.73 Å². The van der Waals surface area contributed by atoms with E-state index in [9.17, 15) is 9.90 Å². The van der Waals surface area contributed by atoms with Gasteiger partial charge in [0.05, 0.1) is 18.8 Å².